The Balaban J connectivity index is 1.99. The minimum absolute atomic E-state index is 0.0669. The average Bonchev–Trinajstić information content (AvgIpc) is 3.26. The van der Waals surface area contributed by atoms with Crippen LogP contribution in [0.2, 0.25) is 0 Å². The van der Waals surface area contributed by atoms with E-state index in [2.05, 4.69) is 0 Å². The molecule has 0 saturated carbocycles. The van der Waals surface area contributed by atoms with Crippen molar-refractivity contribution in [2.24, 2.45) is 5.92 Å². The van der Waals surface area contributed by atoms with E-state index in [4.69, 9.17) is 5.11 Å². The first-order chi connectivity index (χ1) is 11.7. The van der Waals surface area contributed by atoms with E-state index in [-0.39, 0.29) is 29.3 Å². The van der Waals surface area contributed by atoms with Gasteiger partial charge in [0.15, 0.2) is 0 Å². The number of rotatable bonds is 5. The largest absolute Gasteiger partial charge is 0.481 e. The van der Waals surface area contributed by atoms with Gasteiger partial charge >= 0.3 is 5.97 Å². The minimum Gasteiger partial charge on any atom is -0.481 e. The molecule has 1 aromatic rings. The lowest BCUT2D eigenvalue weighted by atomic mass is 10.1. The van der Waals surface area contributed by atoms with Gasteiger partial charge in [-0.3, -0.25) is 4.79 Å². The molecule has 1 unspecified atom stereocenters. The zero-order chi connectivity index (χ0) is 18.2. The molecule has 0 amide bonds. The first-order valence-electron chi connectivity index (χ1n) is 8.07. The number of aliphatic carboxylic acids is 1. The predicted octanol–water partition coefficient (Wildman–Crippen LogP) is 0.566. The van der Waals surface area contributed by atoms with Gasteiger partial charge in [0.1, 0.15) is 9.79 Å². The Hall–Kier alpha value is -1.49. The lowest BCUT2D eigenvalue weighted by molar-refractivity contribution is -0.141. The lowest BCUT2D eigenvalue weighted by Gasteiger charge is -2.21. The van der Waals surface area contributed by atoms with Crippen LogP contribution in [0.15, 0.2) is 34.1 Å². The summed E-state index contributed by atoms with van der Waals surface area (Å²) in [5.74, 6) is -1.81. The molecule has 0 radical (unpaired) electrons. The monoisotopic (exact) mass is 388 g/mol. The fourth-order valence-corrected chi connectivity index (χ4v) is 7.03. The number of carbonyl (C=O) groups is 1. The van der Waals surface area contributed by atoms with Crippen LogP contribution in [0.3, 0.4) is 0 Å². The highest BCUT2D eigenvalue weighted by atomic mass is 32.2. The van der Waals surface area contributed by atoms with Crippen molar-refractivity contribution in [3.05, 3.63) is 24.3 Å². The van der Waals surface area contributed by atoms with E-state index in [1.54, 1.807) is 0 Å². The number of sulfonamides is 2. The molecule has 1 N–H and O–H groups in total. The number of hydrogen-bond acceptors (Lipinski definition) is 5. The smallest absolute Gasteiger partial charge is 0.307 e. The van der Waals surface area contributed by atoms with Gasteiger partial charge < -0.3 is 5.11 Å². The normalized spacial score (nSPS) is 23.1. The van der Waals surface area contributed by atoms with Gasteiger partial charge in [0.25, 0.3) is 0 Å². The SMILES string of the molecule is O=C(O)C1CCN(S(=O)(=O)c2ccccc2S(=O)(=O)N2CCCC2)C1. The van der Waals surface area contributed by atoms with Crippen molar-refractivity contribution in [3.8, 4) is 0 Å². The number of nitrogens with zero attached hydrogens (tertiary/aromatic N) is 2. The van der Waals surface area contributed by atoms with E-state index in [1.165, 1.54) is 28.6 Å². The van der Waals surface area contributed by atoms with Crippen LogP contribution in [-0.4, -0.2) is 62.7 Å². The summed E-state index contributed by atoms with van der Waals surface area (Å²) in [4.78, 5) is 10.6. The van der Waals surface area contributed by atoms with E-state index >= 15 is 0 Å². The van der Waals surface area contributed by atoms with Gasteiger partial charge in [0, 0.05) is 26.2 Å². The highest BCUT2D eigenvalue weighted by Crippen LogP contribution is 2.31. The standard InChI is InChI=1S/C15H20N2O6S2/c18-15(19)12-7-10-17(11-12)25(22,23)14-6-2-1-5-13(14)24(20,21)16-8-3-4-9-16/h1-2,5-6,12H,3-4,7-11H2,(H,18,19). The van der Waals surface area contributed by atoms with Crippen molar-refractivity contribution in [2.75, 3.05) is 26.2 Å². The molecule has 2 aliphatic rings. The molecule has 138 valence electrons. The van der Waals surface area contributed by atoms with Gasteiger partial charge in [-0.25, -0.2) is 16.8 Å². The Labute approximate surface area is 147 Å². The van der Waals surface area contributed by atoms with Gasteiger partial charge in [-0.2, -0.15) is 8.61 Å². The molecule has 0 aliphatic carbocycles. The lowest BCUT2D eigenvalue weighted by Crippen LogP contribution is -2.33. The van der Waals surface area contributed by atoms with Gasteiger partial charge in [0.05, 0.1) is 5.92 Å². The first kappa shape index (κ1) is 18.3. The molecule has 2 fully saturated rings. The molecule has 0 bridgehead atoms. The zero-order valence-corrected chi connectivity index (χ0v) is 15.2. The van der Waals surface area contributed by atoms with Gasteiger partial charge in [-0.15, -0.1) is 0 Å². The van der Waals surface area contributed by atoms with Crippen LogP contribution in [0.4, 0.5) is 0 Å². The van der Waals surface area contributed by atoms with E-state index in [0.29, 0.717) is 13.1 Å². The number of carboxylic acids is 1. The number of benzene rings is 1. The molecule has 0 spiro atoms. The van der Waals surface area contributed by atoms with Crippen LogP contribution in [0, 0.1) is 5.92 Å². The Kier molecular flexibility index (Phi) is 4.89. The van der Waals surface area contributed by atoms with Gasteiger partial charge in [-0.1, -0.05) is 12.1 Å². The van der Waals surface area contributed by atoms with E-state index in [1.807, 2.05) is 0 Å². The fraction of sp³-hybridized carbons (Fsp3) is 0.533. The number of hydrogen-bond donors (Lipinski definition) is 1. The van der Waals surface area contributed by atoms with E-state index in [9.17, 15) is 21.6 Å². The first-order valence-corrected chi connectivity index (χ1v) is 10.9. The van der Waals surface area contributed by atoms with Crippen molar-refractivity contribution < 1.29 is 26.7 Å². The van der Waals surface area contributed by atoms with Crippen molar-refractivity contribution in [1.29, 1.82) is 0 Å². The Bertz CT molecular complexity index is 875. The van der Waals surface area contributed by atoms with Crippen molar-refractivity contribution in [2.45, 2.75) is 29.1 Å². The van der Waals surface area contributed by atoms with Gasteiger partial charge in [-0.05, 0) is 31.4 Å². The Morgan fingerprint density at radius 1 is 0.920 bits per heavy atom. The maximum atomic E-state index is 12.9. The molecule has 25 heavy (non-hydrogen) atoms. The van der Waals surface area contributed by atoms with Crippen LogP contribution in [0.25, 0.3) is 0 Å². The molecule has 0 aromatic heterocycles. The molecule has 2 aliphatic heterocycles. The van der Waals surface area contributed by atoms with Crippen LogP contribution < -0.4 is 0 Å². The summed E-state index contributed by atoms with van der Waals surface area (Å²) in [5, 5.41) is 9.07. The highest BCUT2D eigenvalue weighted by molar-refractivity contribution is 7.92. The molecule has 10 heteroatoms. The summed E-state index contributed by atoms with van der Waals surface area (Å²) >= 11 is 0. The quantitative estimate of drug-likeness (QED) is 0.789. The molecule has 8 nitrogen and oxygen atoms in total. The molecule has 1 aromatic carbocycles. The third-order valence-corrected chi connectivity index (χ3v) is 8.66. The summed E-state index contributed by atoms with van der Waals surface area (Å²) in [5.41, 5.74) is 0. The third kappa shape index (κ3) is 3.31. The molecular weight excluding hydrogens is 368 g/mol. The van der Waals surface area contributed by atoms with Crippen molar-refractivity contribution in [1.82, 2.24) is 8.61 Å². The highest BCUT2D eigenvalue weighted by Gasteiger charge is 2.39. The third-order valence-electron chi connectivity index (χ3n) is 4.65. The van der Waals surface area contributed by atoms with Crippen molar-refractivity contribution in [3.63, 3.8) is 0 Å². The summed E-state index contributed by atoms with van der Waals surface area (Å²) in [7, 11) is -7.99. The van der Waals surface area contributed by atoms with Crippen LogP contribution in [0.5, 0.6) is 0 Å². The molecule has 3 rings (SSSR count). The average molecular weight is 388 g/mol. The molecule has 1 atom stereocenters. The summed E-state index contributed by atoms with van der Waals surface area (Å²) in [6.07, 6.45) is 1.72. The fourth-order valence-electron chi connectivity index (χ4n) is 3.23. The summed E-state index contributed by atoms with van der Waals surface area (Å²) < 4.78 is 53.9. The van der Waals surface area contributed by atoms with Crippen LogP contribution in [0.1, 0.15) is 19.3 Å². The van der Waals surface area contributed by atoms with E-state index < -0.39 is 31.9 Å². The predicted molar refractivity (Wildman–Crippen MR) is 88.9 cm³/mol. The number of carboxylic acid groups (broad SMARTS) is 1. The Morgan fingerprint density at radius 2 is 1.44 bits per heavy atom. The van der Waals surface area contributed by atoms with Crippen LogP contribution >= 0.6 is 0 Å². The summed E-state index contributed by atoms with van der Waals surface area (Å²) in [6, 6.07) is 5.53. The second-order valence-corrected chi connectivity index (χ2v) is 10.1. The Morgan fingerprint density at radius 3 is 1.92 bits per heavy atom. The summed E-state index contributed by atoms with van der Waals surface area (Å²) in [6.45, 7) is 0.677. The maximum Gasteiger partial charge on any atom is 0.307 e. The van der Waals surface area contributed by atoms with E-state index in [0.717, 1.165) is 17.1 Å². The second-order valence-electron chi connectivity index (χ2n) is 6.24. The van der Waals surface area contributed by atoms with Crippen molar-refractivity contribution >= 4 is 26.0 Å². The van der Waals surface area contributed by atoms with Crippen LogP contribution in [-0.2, 0) is 24.8 Å². The maximum absolute atomic E-state index is 12.9. The molecule has 2 heterocycles. The minimum atomic E-state index is -4.08. The van der Waals surface area contributed by atoms with Gasteiger partial charge in [0.2, 0.25) is 20.0 Å². The molecule has 2 saturated heterocycles. The second kappa shape index (κ2) is 6.67. The zero-order valence-electron chi connectivity index (χ0n) is 13.5. The molecular formula is C15H20N2O6S2. The topological polar surface area (TPSA) is 112 Å².